The number of Topliss-reactive ketones (excluding diaryl/α,β-unsaturated/α-hetero) is 1. The Morgan fingerprint density at radius 3 is 2.52 bits per heavy atom. The molecule has 2 bridgehead atoms. The molecule has 0 aromatic rings. The van der Waals surface area contributed by atoms with E-state index in [9.17, 15) is 23.1 Å². The lowest BCUT2D eigenvalue weighted by atomic mass is 9.70. The second kappa shape index (κ2) is 6.51. The van der Waals surface area contributed by atoms with Gasteiger partial charge in [0.15, 0.2) is 0 Å². The van der Waals surface area contributed by atoms with Crippen molar-refractivity contribution in [2.45, 2.75) is 58.8 Å². The van der Waals surface area contributed by atoms with Crippen molar-refractivity contribution in [3.8, 4) is 0 Å². The lowest BCUT2D eigenvalue weighted by Crippen LogP contribution is -2.45. The number of rotatable bonds is 9. The number of aliphatic carboxylic acids is 1. The zero-order valence-corrected chi connectivity index (χ0v) is 14.7. The SMILES string of the molecule is CC1(C)[C@@H]2CC[C@@]1(CS(=O)(=O)NCCCCCC(=O)[O-])C(=O)C2. The highest BCUT2D eigenvalue weighted by Gasteiger charge is 2.65. The molecule has 0 radical (unpaired) electrons. The van der Waals surface area contributed by atoms with Crippen LogP contribution in [0.5, 0.6) is 0 Å². The number of ketones is 1. The summed E-state index contributed by atoms with van der Waals surface area (Å²) in [5.74, 6) is -0.808. The number of sulfonamides is 1. The maximum absolute atomic E-state index is 12.4. The third-order valence-corrected chi connectivity index (χ3v) is 7.47. The van der Waals surface area contributed by atoms with Crippen LogP contribution in [-0.2, 0) is 19.6 Å². The predicted molar refractivity (Wildman–Crippen MR) is 83.8 cm³/mol. The molecule has 7 heteroatoms. The summed E-state index contributed by atoms with van der Waals surface area (Å²) in [5.41, 5.74) is -0.994. The van der Waals surface area contributed by atoms with Gasteiger partial charge < -0.3 is 9.90 Å². The van der Waals surface area contributed by atoms with E-state index in [-0.39, 0.29) is 29.9 Å². The molecule has 2 atom stereocenters. The number of hydrogen-bond donors (Lipinski definition) is 1. The molecule has 0 amide bonds. The minimum Gasteiger partial charge on any atom is -0.550 e. The molecule has 0 saturated heterocycles. The Balaban J connectivity index is 1.86. The maximum atomic E-state index is 12.4. The van der Waals surface area contributed by atoms with Crippen molar-refractivity contribution in [2.24, 2.45) is 16.7 Å². The van der Waals surface area contributed by atoms with Gasteiger partial charge in [-0.2, -0.15) is 0 Å². The van der Waals surface area contributed by atoms with E-state index in [1.54, 1.807) is 0 Å². The molecule has 2 fully saturated rings. The Kier molecular flexibility index (Phi) is 5.21. The summed E-state index contributed by atoms with van der Waals surface area (Å²) < 4.78 is 27.3. The topological polar surface area (TPSA) is 103 Å². The molecule has 2 aliphatic rings. The van der Waals surface area contributed by atoms with Crippen LogP contribution in [0.4, 0.5) is 0 Å². The molecule has 0 unspecified atom stereocenters. The van der Waals surface area contributed by atoms with Crippen molar-refractivity contribution >= 4 is 21.8 Å². The molecule has 2 aliphatic carbocycles. The smallest absolute Gasteiger partial charge is 0.212 e. The van der Waals surface area contributed by atoms with Crippen LogP contribution in [0, 0.1) is 16.7 Å². The van der Waals surface area contributed by atoms with E-state index in [2.05, 4.69) is 4.72 Å². The van der Waals surface area contributed by atoms with Crippen molar-refractivity contribution in [1.29, 1.82) is 0 Å². The summed E-state index contributed by atoms with van der Waals surface area (Å²) in [6.45, 7) is 4.32. The molecule has 2 saturated carbocycles. The first-order valence-corrected chi connectivity index (χ1v) is 9.96. The summed E-state index contributed by atoms with van der Waals surface area (Å²) in [7, 11) is -3.52. The monoisotopic (exact) mass is 344 g/mol. The fraction of sp³-hybridized carbons (Fsp3) is 0.875. The van der Waals surface area contributed by atoms with Crippen molar-refractivity contribution < 1.29 is 23.1 Å². The van der Waals surface area contributed by atoms with Gasteiger partial charge in [0.05, 0.1) is 5.75 Å². The molecule has 2 rings (SSSR count). The predicted octanol–water partition coefficient (Wildman–Crippen LogP) is 0.612. The molecule has 0 aromatic carbocycles. The molecule has 0 aliphatic heterocycles. The first-order valence-electron chi connectivity index (χ1n) is 8.31. The van der Waals surface area contributed by atoms with Crippen molar-refractivity contribution in [3.05, 3.63) is 0 Å². The average Bonchev–Trinajstić information content (AvgIpc) is 2.76. The number of carbonyl (C=O) groups excluding carboxylic acids is 2. The average molecular weight is 344 g/mol. The lowest BCUT2D eigenvalue weighted by Gasteiger charge is -2.36. The van der Waals surface area contributed by atoms with Crippen LogP contribution in [0.3, 0.4) is 0 Å². The van der Waals surface area contributed by atoms with Crippen LogP contribution in [0.2, 0.25) is 0 Å². The molecule has 0 aromatic heterocycles. The minimum atomic E-state index is -3.52. The summed E-state index contributed by atoms with van der Waals surface area (Å²) in [5, 5.41) is 10.3. The number of fused-ring (bicyclic) bond motifs is 2. The number of carbonyl (C=O) groups is 2. The van der Waals surface area contributed by atoms with E-state index < -0.39 is 21.4 Å². The Morgan fingerprint density at radius 2 is 2.00 bits per heavy atom. The summed E-state index contributed by atoms with van der Waals surface area (Å²) >= 11 is 0. The van der Waals surface area contributed by atoms with Crippen LogP contribution in [0.1, 0.15) is 58.8 Å². The Morgan fingerprint density at radius 1 is 1.30 bits per heavy atom. The normalized spacial score (nSPS) is 29.1. The molecule has 0 spiro atoms. The molecule has 132 valence electrons. The van der Waals surface area contributed by atoms with E-state index in [1.165, 1.54) is 0 Å². The lowest BCUT2D eigenvalue weighted by molar-refractivity contribution is -0.305. The van der Waals surface area contributed by atoms with Gasteiger partial charge in [-0.15, -0.1) is 0 Å². The number of hydrogen-bond acceptors (Lipinski definition) is 5. The highest BCUT2D eigenvalue weighted by atomic mass is 32.2. The molecule has 1 N–H and O–H groups in total. The second-order valence-corrected chi connectivity index (χ2v) is 9.31. The fourth-order valence-electron chi connectivity index (χ4n) is 4.28. The van der Waals surface area contributed by atoms with E-state index in [0.29, 0.717) is 38.0 Å². The van der Waals surface area contributed by atoms with Gasteiger partial charge in [-0.1, -0.05) is 20.3 Å². The molecule has 0 heterocycles. The van der Waals surface area contributed by atoms with Crippen LogP contribution in [-0.4, -0.2) is 32.5 Å². The Hall–Kier alpha value is -0.950. The third-order valence-electron chi connectivity index (χ3n) is 5.96. The van der Waals surface area contributed by atoms with Gasteiger partial charge in [0.1, 0.15) is 5.78 Å². The van der Waals surface area contributed by atoms with Crippen LogP contribution in [0.15, 0.2) is 0 Å². The standard InChI is InChI=1S/C16H27NO5S/c1-15(2)12-7-8-16(15,13(18)10-12)11-23(21,22)17-9-5-3-4-6-14(19)20/h12,17H,3-11H2,1-2H3,(H,19,20)/p-1/t12-,16-/m1/s1. The largest absolute Gasteiger partial charge is 0.550 e. The minimum absolute atomic E-state index is 0.0000587. The zero-order chi connectivity index (χ0) is 17.3. The molecular weight excluding hydrogens is 318 g/mol. The van der Waals surface area contributed by atoms with Gasteiger partial charge in [0, 0.05) is 24.3 Å². The van der Waals surface area contributed by atoms with Crippen molar-refractivity contribution in [1.82, 2.24) is 4.72 Å². The van der Waals surface area contributed by atoms with E-state index in [4.69, 9.17) is 0 Å². The van der Waals surface area contributed by atoms with Crippen molar-refractivity contribution in [2.75, 3.05) is 12.3 Å². The highest BCUT2D eigenvalue weighted by Crippen LogP contribution is 2.64. The highest BCUT2D eigenvalue weighted by molar-refractivity contribution is 7.89. The zero-order valence-electron chi connectivity index (χ0n) is 13.9. The Labute approximate surface area is 138 Å². The molecule has 6 nitrogen and oxygen atoms in total. The fourth-order valence-corrected chi connectivity index (χ4v) is 6.17. The number of nitrogens with one attached hydrogen (secondary N) is 1. The van der Waals surface area contributed by atoms with Gasteiger partial charge in [-0.05, 0) is 43.4 Å². The summed E-state index contributed by atoms with van der Waals surface area (Å²) in [6.07, 6.45) is 3.80. The third kappa shape index (κ3) is 3.60. The van der Waals surface area contributed by atoms with Gasteiger partial charge >= 0.3 is 0 Å². The van der Waals surface area contributed by atoms with Gasteiger partial charge in [0.2, 0.25) is 10.0 Å². The van der Waals surface area contributed by atoms with Gasteiger partial charge in [-0.25, -0.2) is 13.1 Å². The van der Waals surface area contributed by atoms with E-state index >= 15 is 0 Å². The van der Waals surface area contributed by atoms with Crippen molar-refractivity contribution in [3.63, 3.8) is 0 Å². The molecule has 23 heavy (non-hydrogen) atoms. The van der Waals surface area contributed by atoms with Gasteiger partial charge in [-0.3, -0.25) is 4.79 Å². The quantitative estimate of drug-likeness (QED) is 0.617. The van der Waals surface area contributed by atoms with Crippen LogP contribution >= 0.6 is 0 Å². The number of unbranched alkanes of at least 4 members (excludes halogenated alkanes) is 2. The first-order chi connectivity index (χ1) is 10.6. The first kappa shape index (κ1) is 18.4. The Bertz CT molecular complexity index is 583. The van der Waals surface area contributed by atoms with E-state index in [1.807, 2.05) is 13.8 Å². The van der Waals surface area contributed by atoms with Gasteiger partial charge in [0.25, 0.3) is 0 Å². The van der Waals surface area contributed by atoms with Crippen LogP contribution in [0.25, 0.3) is 0 Å². The van der Waals surface area contributed by atoms with E-state index in [0.717, 1.165) is 6.42 Å². The van der Waals surface area contributed by atoms with Crippen LogP contribution < -0.4 is 9.83 Å². The summed E-state index contributed by atoms with van der Waals surface area (Å²) in [6, 6.07) is 0. The maximum Gasteiger partial charge on any atom is 0.212 e. The summed E-state index contributed by atoms with van der Waals surface area (Å²) in [4.78, 5) is 22.7. The number of carboxylic acid groups (broad SMARTS) is 1. The molecular formula is C16H26NO5S-. The second-order valence-electron chi connectivity index (χ2n) is 7.50. The number of carboxylic acids is 1.